The smallest absolute Gasteiger partial charge is 0.276 e. The number of thiophene rings is 1. The lowest BCUT2D eigenvalue weighted by Crippen LogP contribution is -2.44. The van der Waals surface area contributed by atoms with Crippen LogP contribution < -0.4 is 21.1 Å². The predicted molar refractivity (Wildman–Crippen MR) is 127 cm³/mol. The number of rotatable bonds is 7. The number of nitrogens with zero attached hydrogens (tertiary/aromatic N) is 2. The Kier molecular flexibility index (Phi) is 6.98. The van der Waals surface area contributed by atoms with Gasteiger partial charge in [-0.25, -0.2) is 9.37 Å². The van der Waals surface area contributed by atoms with Crippen LogP contribution in [-0.2, 0) is 16.1 Å². The molecule has 0 radical (unpaired) electrons. The molecule has 4 rings (SSSR count). The van der Waals surface area contributed by atoms with E-state index in [9.17, 15) is 18.8 Å². The molecule has 0 saturated heterocycles. The third-order valence-electron chi connectivity index (χ3n) is 5.03. The van der Waals surface area contributed by atoms with E-state index in [1.807, 2.05) is 36.6 Å². The lowest BCUT2D eigenvalue weighted by molar-refractivity contribution is -0.130. The quantitative estimate of drug-likeness (QED) is 0.396. The summed E-state index contributed by atoms with van der Waals surface area (Å²) in [7, 11) is 0. The van der Waals surface area contributed by atoms with E-state index >= 15 is 0 Å². The summed E-state index contributed by atoms with van der Waals surface area (Å²) >= 11 is 1.39. The third-order valence-corrected chi connectivity index (χ3v) is 5.91. The van der Waals surface area contributed by atoms with Crippen molar-refractivity contribution in [1.29, 1.82) is 0 Å². The zero-order chi connectivity index (χ0) is 24.1. The summed E-state index contributed by atoms with van der Waals surface area (Å²) in [5.74, 6) is -1.16. The number of aryl methyl sites for hydroxylation is 2. The van der Waals surface area contributed by atoms with E-state index in [2.05, 4.69) is 15.8 Å². The summed E-state index contributed by atoms with van der Waals surface area (Å²) in [6.07, 6.45) is 1.37. The summed E-state index contributed by atoms with van der Waals surface area (Å²) in [4.78, 5) is 42.0. The van der Waals surface area contributed by atoms with Gasteiger partial charge in [0.25, 0.3) is 11.5 Å². The molecule has 4 aromatic rings. The Labute approximate surface area is 198 Å². The fourth-order valence-corrected chi connectivity index (χ4v) is 4.12. The first-order chi connectivity index (χ1) is 16.4. The van der Waals surface area contributed by atoms with Crippen molar-refractivity contribution in [1.82, 2.24) is 20.4 Å². The van der Waals surface area contributed by atoms with E-state index in [-0.39, 0.29) is 25.1 Å². The molecule has 2 aromatic carbocycles. The molecule has 2 amide bonds. The molecule has 10 heteroatoms. The minimum Gasteiger partial charge on any atom is -0.484 e. The number of amides is 2. The molecule has 2 aromatic heterocycles. The highest BCUT2D eigenvalue weighted by atomic mass is 32.1. The summed E-state index contributed by atoms with van der Waals surface area (Å²) in [5, 5.41) is 2.42. The van der Waals surface area contributed by atoms with Gasteiger partial charge in [-0.3, -0.25) is 29.8 Å². The Morgan fingerprint density at radius 1 is 1.06 bits per heavy atom. The van der Waals surface area contributed by atoms with E-state index < -0.39 is 17.6 Å². The minimum absolute atomic E-state index is 0.0454. The van der Waals surface area contributed by atoms with Gasteiger partial charge in [-0.2, -0.15) is 0 Å². The molecule has 0 fully saturated rings. The molecule has 0 bridgehead atoms. The van der Waals surface area contributed by atoms with E-state index in [1.165, 1.54) is 46.5 Å². The topological polar surface area (TPSA) is 102 Å². The van der Waals surface area contributed by atoms with Crippen LogP contribution in [0.1, 0.15) is 12.0 Å². The van der Waals surface area contributed by atoms with Crippen molar-refractivity contribution >= 4 is 33.4 Å². The molecule has 0 spiro atoms. The molecule has 0 aliphatic heterocycles. The number of carbonyl (C=O) groups is 2. The fourth-order valence-electron chi connectivity index (χ4n) is 3.21. The van der Waals surface area contributed by atoms with Crippen LogP contribution >= 0.6 is 11.3 Å². The van der Waals surface area contributed by atoms with Crippen molar-refractivity contribution in [3.8, 4) is 16.9 Å². The summed E-state index contributed by atoms with van der Waals surface area (Å²) in [6.45, 7) is 1.74. The highest BCUT2D eigenvalue weighted by Gasteiger charge is 2.14. The first-order valence-corrected chi connectivity index (χ1v) is 11.3. The van der Waals surface area contributed by atoms with Gasteiger partial charge in [0, 0.05) is 23.9 Å². The molecule has 0 aliphatic rings. The normalized spacial score (nSPS) is 10.8. The van der Waals surface area contributed by atoms with Crippen LogP contribution in [0, 0.1) is 12.7 Å². The van der Waals surface area contributed by atoms with Crippen molar-refractivity contribution < 1.29 is 18.7 Å². The Hall–Kier alpha value is -4.05. The van der Waals surface area contributed by atoms with Gasteiger partial charge in [0.2, 0.25) is 5.91 Å². The maximum atomic E-state index is 13.1. The number of aromatic nitrogens is 2. The van der Waals surface area contributed by atoms with E-state index in [1.54, 1.807) is 0 Å². The zero-order valence-electron chi connectivity index (χ0n) is 18.2. The third kappa shape index (κ3) is 5.46. The lowest BCUT2D eigenvalue weighted by Gasteiger charge is -2.10. The zero-order valence-corrected chi connectivity index (χ0v) is 19.0. The van der Waals surface area contributed by atoms with Crippen molar-refractivity contribution in [3.05, 3.63) is 82.0 Å². The average Bonchev–Trinajstić information content (AvgIpc) is 3.27. The number of hydrogen-bond acceptors (Lipinski definition) is 6. The maximum Gasteiger partial charge on any atom is 0.276 e. The number of nitrogens with one attached hydrogen (secondary N) is 2. The predicted octanol–water partition coefficient (Wildman–Crippen LogP) is 3.19. The molecule has 0 atom stereocenters. The van der Waals surface area contributed by atoms with Crippen LogP contribution in [0.5, 0.6) is 5.75 Å². The number of halogens is 1. The van der Waals surface area contributed by atoms with Gasteiger partial charge in [-0.05, 0) is 36.8 Å². The van der Waals surface area contributed by atoms with E-state index in [0.717, 1.165) is 16.7 Å². The molecule has 2 N–H and O–H groups in total. The molecule has 0 unspecified atom stereocenters. The number of hydrogen-bond donors (Lipinski definition) is 2. The largest absolute Gasteiger partial charge is 0.484 e. The second-order valence-corrected chi connectivity index (χ2v) is 8.39. The number of hydrazine groups is 1. The summed E-state index contributed by atoms with van der Waals surface area (Å²) in [5.41, 5.74) is 7.15. The first kappa shape index (κ1) is 23.1. The van der Waals surface area contributed by atoms with Crippen molar-refractivity contribution in [2.45, 2.75) is 19.9 Å². The molecule has 174 valence electrons. The Balaban J connectivity index is 1.33. The Morgan fingerprint density at radius 2 is 1.76 bits per heavy atom. The maximum absolute atomic E-state index is 13.1. The molecule has 8 nitrogen and oxygen atoms in total. The van der Waals surface area contributed by atoms with E-state index in [4.69, 9.17) is 4.74 Å². The van der Waals surface area contributed by atoms with Crippen LogP contribution in [0.3, 0.4) is 0 Å². The van der Waals surface area contributed by atoms with Crippen LogP contribution in [0.2, 0.25) is 0 Å². The molecule has 0 saturated carbocycles. The monoisotopic (exact) mass is 480 g/mol. The molecule has 0 aliphatic carbocycles. The minimum atomic E-state index is -0.584. The van der Waals surface area contributed by atoms with Gasteiger partial charge < -0.3 is 4.74 Å². The van der Waals surface area contributed by atoms with Gasteiger partial charge in [0.05, 0.1) is 11.7 Å². The van der Waals surface area contributed by atoms with Crippen LogP contribution in [-0.4, -0.2) is 28.0 Å². The van der Waals surface area contributed by atoms with Gasteiger partial charge in [-0.1, -0.05) is 29.8 Å². The molecular formula is C24H21FN4O4S. The average molecular weight is 481 g/mol. The SMILES string of the molecule is Cc1ccc(-c2csc3ncn(CCC(=O)NNC(=O)COc4ccc(F)cc4)c(=O)c23)cc1. The standard InChI is InChI=1S/C24H21FN4O4S/c1-15-2-4-16(5-3-15)19-13-34-23-22(19)24(32)29(14-26-23)11-10-20(30)27-28-21(31)12-33-18-8-6-17(25)7-9-18/h2-9,13-14H,10-12H2,1H3,(H,27,30)(H,28,31). The number of ether oxygens (including phenoxy) is 1. The van der Waals surface area contributed by atoms with Crippen LogP contribution in [0.4, 0.5) is 4.39 Å². The summed E-state index contributed by atoms with van der Waals surface area (Å²) < 4.78 is 19.5. The highest BCUT2D eigenvalue weighted by molar-refractivity contribution is 7.17. The van der Waals surface area contributed by atoms with Crippen molar-refractivity contribution in [2.24, 2.45) is 0 Å². The molecular weight excluding hydrogens is 459 g/mol. The second kappa shape index (κ2) is 10.3. The summed E-state index contributed by atoms with van der Waals surface area (Å²) in [6, 6.07) is 13.1. The van der Waals surface area contributed by atoms with Gasteiger partial charge in [0.15, 0.2) is 6.61 Å². The van der Waals surface area contributed by atoms with Crippen molar-refractivity contribution in [2.75, 3.05) is 6.61 Å². The number of fused-ring (bicyclic) bond motifs is 1. The fraction of sp³-hybridized carbons (Fsp3) is 0.167. The Bertz CT molecular complexity index is 1380. The van der Waals surface area contributed by atoms with Crippen molar-refractivity contribution in [3.63, 3.8) is 0 Å². The first-order valence-electron chi connectivity index (χ1n) is 10.4. The van der Waals surface area contributed by atoms with E-state index in [0.29, 0.717) is 16.0 Å². The van der Waals surface area contributed by atoms with Gasteiger partial charge in [-0.15, -0.1) is 11.3 Å². The highest BCUT2D eigenvalue weighted by Crippen LogP contribution is 2.30. The second-order valence-electron chi connectivity index (χ2n) is 7.53. The lowest BCUT2D eigenvalue weighted by atomic mass is 10.1. The van der Waals surface area contributed by atoms with Gasteiger partial charge in [0.1, 0.15) is 16.4 Å². The van der Waals surface area contributed by atoms with Gasteiger partial charge >= 0.3 is 0 Å². The van der Waals surface area contributed by atoms with Crippen LogP contribution in [0.15, 0.2) is 65.0 Å². The number of carbonyl (C=O) groups excluding carboxylic acids is 2. The Morgan fingerprint density at radius 3 is 2.50 bits per heavy atom. The molecule has 34 heavy (non-hydrogen) atoms. The number of benzene rings is 2. The van der Waals surface area contributed by atoms with Crippen LogP contribution in [0.25, 0.3) is 21.3 Å². The molecule has 2 heterocycles.